The van der Waals surface area contributed by atoms with Crippen LogP contribution in [0.15, 0.2) is 48.5 Å². The number of aliphatic carboxylic acids is 1. The van der Waals surface area contributed by atoms with Crippen molar-refractivity contribution >= 4 is 18.0 Å². The van der Waals surface area contributed by atoms with Gasteiger partial charge in [0.25, 0.3) is 5.91 Å². The van der Waals surface area contributed by atoms with Crippen LogP contribution in [0, 0.1) is 5.41 Å². The Balaban J connectivity index is 1.48. The first-order chi connectivity index (χ1) is 15.9. The molecule has 0 radical (unpaired) electrons. The van der Waals surface area contributed by atoms with Gasteiger partial charge in [0.15, 0.2) is 0 Å². The number of amides is 2. The molecule has 1 heterocycles. The van der Waals surface area contributed by atoms with E-state index in [0.717, 1.165) is 27.2 Å². The van der Waals surface area contributed by atoms with E-state index in [4.69, 9.17) is 9.84 Å². The van der Waals surface area contributed by atoms with Gasteiger partial charge in [-0.2, -0.15) is 13.2 Å². The van der Waals surface area contributed by atoms with Crippen LogP contribution >= 0.6 is 0 Å². The molecule has 2 aromatic rings. The number of likely N-dealkylation sites (tertiary alicyclic amines) is 1. The summed E-state index contributed by atoms with van der Waals surface area (Å²) in [5, 5.41) is 10.8. The maximum absolute atomic E-state index is 13.9. The van der Waals surface area contributed by atoms with Crippen LogP contribution in [0.4, 0.5) is 18.0 Å². The van der Waals surface area contributed by atoms with Gasteiger partial charge in [-0.25, -0.2) is 4.79 Å². The Kier molecular flexibility index (Phi) is 5.58. The third-order valence-electron chi connectivity index (χ3n) is 6.57. The fourth-order valence-corrected chi connectivity index (χ4v) is 4.48. The number of carboxylic acid groups (broad SMARTS) is 1. The van der Waals surface area contributed by atoms with E-state index in [2.05, 4.69) is 0 Å². The highest BCUT2D eigenvalue weighted by Crippen LogP contribution is 2.44. The number of hydrogen-bond donors (Lipinski definition) is 2. The van der Waals surface area contributed by atoms with Crippen LogP contribution in [-0.2, 0) is 14.3 Å². The Morgan fingerprint density at radius 1 is 1.06 bits per heavy atom. The number of rotatable bonds is 5. The molecule has 2 aliphatic rings. The number of halogens is 3. The number of ether oxygens (including phenoxy) is 1. The lowest BCUT2D eigenvalue weighted by Crippen LogP contribution is -2.71. The minimum Gasteiger partial charge on any atom is -0.481 e. The minimum atomic E-state index is -5.13. The molecular weight excluding hydrogens is 453 g/mol. The van der Waals surface area contributed by atoms with Crippen LogP contribution in [0.3, 0.4) is 0 Å². The average Bonchev–Trinajstić information content (AvgIpc) is 3.07. The van der Waals surface area contributed by atoms with Gasteiger partial charge in [0.05, 0.1) is 0 Å². The fourth-order valence-electron chi connectivity index (χ4n) is 4.48. The quantitative estimate of drug-likeness (QED) is 0.685. The van der Waals surface area contributed by atoms with Gasteiger partial charge in [-0.05, 0) is 36.1 Å². The first kappa shape index (κ1) is 23.6. The highest BCUT2D eigenvalue weighted by Gasteiger charge is 2.62. The van der Waals surface area contributed by atoms with Gasteiger partial charge in [0, 0.05) is 19.0 Å². The van der Waals surface area contributed by atoms with Crippen molar-refractivity contribution in [1.29, 1.82) is 0 Å². The predicted molar refractivity (Wildman–Crippen MR) is 115 cm³/mol. The van der Waals surface area contributed by atoms with Crippen molar-refractivity contribution in [1.82, 2.24) is 10.2 Å². The van der Waals surface area contributed by atoms with Crippen LogP contribution in [0.5, 0.6) is 0 Å². The minimum absolute atomic E-state index is 0.219. The van der Waals surface area contributed by atoms with Crippen molar-refractivity contribution in [3.63, 3.8) is 0 Å². The molecule has 0 bridgehead atoms. The molecular formula is C24H23F3N2O5. The molecule has 0 aromatic heterocycles. The Morgan fingerprint density at radius 2 is 1.56 bits per heavy atom. The summed E-state index contributed by atoms with van der Waals surface area (Å²) in [5.41, 5.74) is -0.899. The molecule has 2 amide bonds. The highest BCUT2D eigenvalue weighted by atomic mass is 19.4. The summed E-state index contributed by atoms with van der Waals surface area (Å²) in [6, 6.07) is 15.0. The van der Waals surface area contributed by atoms with Crippen molar-refractivity contribution in [2.24, 2.45) is 5.41 Å². The highest BCUT2D eigenvalue weighted by molar-refractivity contribution is 5.93. The molecule has 1 aliphatic carbocycles. The number of nitrogens with one attached hydrogen (secondary N) is 1. The predicted octanol–water partition coefficient (Wildman–Crippen LogP) is 3.78. The summed E-state index contributed by atoms with van der Waals surface area (Å²) in [6.45, 7) is 0.886. The van der Waals surface area contributed by atoms with Crippen molar-refractivity contribution in [2.45, 2.75) is 31.5 Å². The monoisotopic (exact) mass is 476 g/mol. The van der Waals surface area contributed by atoms with Crippen LogP contribution in [-0.4, -0.2) is 59.4 Å². The van der Waals surface area contributed by atoms with E-state index >= 15 is 0 Å². The number of alkyl halides is 3. The lowest BCUT2D eigenvalue weighted by atomic mass is 9.80. The van der Waals surface area contributed by atoms with E-state index in [1.165, 1.54) is 6.92 Å². The molecule has 34 heavy (non-hydrogen) atoms. The first-order valence-electron chi connectivity index (χ1n) is 10.6. The number of carboxylic acids is 1. The Labute approximate surface area is 193 Å². The molecule has 1 fully saturated rings. The number of hydrogen-bond acceptors (Lipinski definition) is 4. The summed E-state index contributed by atoms with van der Waals surface area (Å²) < 4.78 is 46.8. The molecule has 4 rings (SSSR count). The van der Waals surface area contributed by atoms with E-state index in [1.54, 1.807) is 5.32 Å². The number of alkyl carbamates (subject to hydrolysis) is 1. The van der Waals surface area contributed by atoms with Crippen LogP contribution in [0.1, 0.15) is 30.9 Å². The molecule has 1 saturated heterocycles. The zero-order valence-electron chi connectivity index (χ0n) is 18.5. The van der Waals surface area contributed by atoms with Gasteiger partial charge >= 0.3 is 18.2 Å². The van der Waals surface area contributed by atoms with Gasteiger partial charge in [-0.3, -0.25) is 14.9 Å². The largest absolute Gasteiger partial charge is 0.481 e. The third-order valence-corrected chi connectivity index (χ3v) is 6.57. The summed E-state index contributed by atoms with van der Waals surface area (Å²) in [4.78, 5) is 37.1. The summed E-state index contributed by atoms with van der Waals surface area (Å²) in [6.07, 6.45) is -6.53. The molecule has 180 valence electrons. The Morgan fingerprint density at radius 3 is 2.03 bits per heavy atom. The summed E-state index contributed by atoms with van der Waals surface area (Å²) in [5.74, 6) is -3.01. The molecule has 7 nitrogen and oxygen atoms in total. The van der Waals surface area contributed by atoms with Crippen LogP contribution < -0.4 is 5.32 Å². The van der Waals surface area contributed by atoms with E-state index in [-0.39, 0.29) is 25.6 Å². The first-order valence-corrected chi connectivity index (χ1v) is 10.6. The van der Waals surface area contributed by atoms with Crippen LogP contribution in [0.2, 0.25) is 0 Å². The normalized spacial score (nSPS) is 18.2. The summed E-state index contributed by atoms with van der Waals surface area (Å²) >= 11 is 0. The zero-order chi connectivity index (χ0) is 24.9. The SMILES string of the molecule is CC1(C(=O)O)CN(C(=O)C(C)(NC(=O)OCC2c3ccccc3-c3ccccc32)C(F)(F)F)C1. The second-order valence-corrected chi connectivity index (χ2v) is 9.10. The second kappa shape index (κ2) is 8.03. The van der Waals surface area contributed by atoms with E-state index in [0.29, 0.717) is 6.92 Å². The standard InChI is InChI=1S/C24H23F3N2O5/c1-22(20(31)32)12-29(13-22)19(30)23(2,24(25,26)27)28-21(33)34-11-18-16-9-5-3-7-14(16)15-8-4-6-10-17(15)18/h3-10,18H,11-13H2,1-2H3,(H,28,33)(H,31,32). The number of carbonyl (C=O) groups is 3. The molecule has 0 spiro atoms. The second-order valence-electron chi connectivity index (χ2n) is 9.10. The lowest BCUT2D eigenvalue weighted by molar-refractivity contribution is -0.206. The molecule has 2 N–H and O–H groups in total. The van der Waals surface area contributed by atoms with Gasteiger partial charge in [-0.1, -0.05) is 48.5 Å². The molecule has 1 atom stereocenters. The zero-order valence-corrected chi connectivity index (χ0v) is 18.5. The average molecular weight is 476 g/mol. The van der Waals surface area contributed by atoms with Gasteiger partial charge in [0.1, 0.15) is 12.0 Å². The van der Waals surface area contributed by atoms with Crippen LogP contribution in [0.25, 0.3) is 11.1 Å². The number of carbonyl (C=O) groups excluding carboxylic acids is 2. The van der Waals surface area contributed by atoms with Gasteiger partial charge in [0.2, 0.25) is 5.54 Å². The molecule has 0 saturated carbocycles. The molecule has 1 unspecified atom stereocenters. The van der Waals surface area contributed by atoms with E-state index < -0.39 is 35.1 Å². The Bertz CT molecular complexity index is 1110. The lowest BCUT2D eigenvalue weighted by Gasteiger charge is -2.48. The third kappa shape index (κ3) is 3.76. The maximum atomic E-state index is 13.9. The van der Waals surface area contributed by atoms with Gasteiger partial charge < -0.3 is 14.7 Å². The number of benzene rings is 2. The molecule has 10 heteroatoms. The molecule has 2 aromatic carbocycles. The topological polar surface area (TPSA) is 95.9 Å². The van der Waals surface area contributed by atoms with Crippen molar-refractivity contribution in [3.8, 4) is 11.1 Å². The van der Waals surface area contributed by atoms with E-state index in [9.17, 15) is 27.6 Å². The van der Waals surface area contributed by atoms with Crippen molar-refractivity contribution in [3.05, 3.63) is 59.7 Å². The fraction of sp³-hybridized carbons (Fsp3) is 0.375. The molecule has 1 aliphatic heterocycles. The van der Waals surface area contributed by atoms with Gasteiger partial charge in [-0.15, -0.1) is 0 Å². The summed E-state index contributed by atoms with van der Waals surface area (Å²) in [7, 11) is 0. The number of fused-ring (bicyclic) bond motifs is 3. The Hall–Kier alpha value is -3.56. The van der Waals surface area contributed by atoms with E-state index in [1.807, 2.05) is 48.5 Å². The number of nitrogens with zero attached hydrogens (tertiary/aromatic N) is 1. The smallest absolute Gasteiger partial charge is 0.420 e. The van der Waals surface area contributed by atoms with Crippen molar-refractivity contribution in [2.75, 3.05) is 19.7 Å². The van der Waals surface area contributed by atoms with Crippen molar-refractivity contribution < 1.29 is 37.4 Å². The maximum Gasteiger partial charge on any atom is 0.420 e.